The second-order valence-corrected chi connectivity index (χ2v) is 4.57. The predicted molar refractivity (Wildman–Crippen MR) is 68.3 cm³/mol. The molecule has 0 saturated heterocycles. The van der Waals surface area contributed by atoms with E-state index in [4.69, 9.17) is 5.26 Å². The molecule has 0 spiro atoms. The molecule has 4 heteroatoms. The van der Waals surface area contributed by atoms with Gasteiger partial charge in [-0.05, 0) is 40.5 Å². The van der Waals surface area contributed by atoms with Gasteiger partial charge < -0.3 is 10.0 Å². The van der Waals surface area contributed by atoms with E-state index in [-0.39, 0.29) is 0 Å². The molecule has 3 nitrogen and oxygen atoms in total. The Morgan fingerprint density at radius 2 is 2.25 bits per heavy atom. The van der Waals surface area contributed by atoms with Crippen molar-refractivity contribution in [2.45, 2.75) is 19.4 Å². The Balaban J connectivity index is 2.86. The third-order valence-electron chi connectivity index (χ3n) is 2.42. The molecule has 1 aromatic rings. The molecule has 0 aromatic heterocycles. The van der Waals surface area contributed by atoms with Crippen molar-refractivity contribution in [3.63, 3.8) is 0 Å². The predicted octanol–water partition coefficient (Wildman–Crippen LogP) is 2.85. The van der Waals surface area contributed by atoms with Crippen molar-refractivity contribution >= 4 is 21.6 Å². The summed E-state index contributed by atoms with van der Waals surface area (Å²) in [7, 11) is 1.94. The first-order valence-corrected chi connectivity index (χ1v) is 5.91. The summed E-state index contributed by atoms with van der Waals surface area (Å²) in [6.45, 7) is 2.43. The lowest BCUT2D eigenvalue weighted by molar-refractivity contribution is 0.199. The minimum absolute atomic E-state index is 0.463. The molecule has 0 radical (unpaired) electrons. The van der Waals surface area contributed by atoms with Crippen molar-refractivity contribution in [1.29, 1.82) is 5.26 Å². The van der Waals surface area contributed by atoms with Crippen LogP contribution in [-0.4, -0.2) is 18.7 Å². The lowest BCUT2D eigenvalue weighted by Crippen LogP contribution is -2.18. The van der Waals surface area contributed by atoms with Gasteiger partial charge in [0.05, 0.1) is 24.3 Å². The largest absolute Gasteiger partial charge is 0.389 e. The van der Waals surface area contributed by atoms with E-state index in [2.05, 4.69) is 22.0 Å². The highest BCUT2D eigenvalue weighted by molar-refractivity contribution is 9.10. The zero-order chi connectivity index (χ0) is 12.1. The Labute approximate surface area is 104 Å². The highest BCUT2D eigenvalue weighted by Gasteiger charge is 2.08. The molecule has 0 aliphatic rings. The van der Waals surface area contributed by atoms with Crippen LogP contribution in [0.25, 0.3) is 0 Å². The minimum atomic E-state index is -0.463. The highest BCUT2D eigenvalue weighted by Crippen LogP contribution is 2.28. The molecular formula is C12H15BrN2O. The van der Waals surface area contributed by atoms with Crippen LogP contribution < -0.4 is 4.90 Å². The first kappa shape index (κ1) is 13.0. The fourth-order valence-electron chi connectivity index (χ4n) is 1.43. The van der Waals surface area contributed by atoms with Crippen LogP contribution >= 0.6 is 15.9 Å². The van der Waals surface area contributed by atoms with E-state index in [0.29, 0.717) is 13.0 Å². The molecule has 0 amide bonds. The van der Waals surface area contributed by atoms with E-state index in [1.807, 2.05) is 30.1 Å². The van der Waals surface area contributed by atoms with E-state index >= 15 is 0 Å². The van der Waals surface area contributed by atoms with Crippen LogP contribution in [0.15, 0.2) is 22.7 Å². The van der Waals surface area contributed by atoms with Crippen molar-refractivity contribution in [2.24, 2.45) is 0 Å². The van der Waals surface area contributed by atoms with Gasteiger partial charge in [-0.25, -0.2) is 0 Å². The molecule has 0 fully saturated rings. The third-order valence-corrected chi connectivity index (χ3v) is 3.06. The molecule has 1 N–H and O–H groups in total. The number of halogens is 1. The highest BCUT2D eigenvalue weighted by atomic mass is 79.9. The van der Waals surface area contributed by atoms with Gasteiger partial charge in [-0.2, -0.15) is 5.26 Å². The number of hydrogen-bond donors (Lipinski definition) is 1. The minimum Gasteiger partial charge on any atom is -0.389 e. The molecule has 0 bridgehead atoms. The maximum Gasteiger partial charge on any atom is 0.0762 e. The zero-order valence-electron chi connectivity index (χ0n) is 9.44. The molecule has 86 valence electrons. The SMILES string of the molecule is CC(O)c1ccc(N(C)CCC#N)c(Br)c1. The molecule has 0 aliphatic heterocycles. The Hall–Kier alpha value is -1.05. The van der Waals surface area contributed by atoms with E-state index in [1.54, 1.807) is 6.92 Å². The summed E-state index contributed by atoms with van der Waals surface area (Å²) in [5, 5.41) is 18.0. The van der Waals surface area contributed by atoms with Crippen LogP contribution in [-0.2, 0) is 0 Å². The number of rotatable bonds is 4. The summed E-state index contributed by atoms with van der Waals surface area (Å²) < 4.78 is 0.936. The average Bonchev–Trinajstić information content (AvgIpc) is 2.25. The van der Waals surface area contributed by atoms with Gasteiger partial charge in [0.15, 0.2) is 0 Å². The van der Waals surface area contributed by atoms with Crippen LogP contribution in [0, 0.1) is 11.3 Å². The Bertz CT molecular complexity index is 398. The van der Waals surface area contributed by atoms with Gasteiger partial charge in [-0.15, -0.1) is 0 Å². The van der Waals surface area contributed by atoms with Crippen LogP contribution in [0.2, 0.25) is 0 Å². The summed E-state index contributed by atoms with van der Waals surface area (Å²) >= 11 is 3.47. The van der Waals surface area contributed by atoms with Crippen LogP contribution in [0.3, 0.4) is 0 Å². The number of benzene rings is 1. The smallest absolute Gasteiger partial charge is 0.0762 e. The normalized spacial score (nSPS) is 11.9. The third kappa shape index (κ3) is 3.22. The van der Waals surface area contributed by atoms with Crippen LogP contribution in [0.1, 0.15) is 25.0 Å². The van der Waals surface area contributed by atoms with Gasteiger partial charge in [0.2, 0.25) is 0 Å². The molecule has 1 unspecified atom stereocenters. The monoisotopic (exact) mass is 282 g/mol. The molecule has 1 rings (SSSR count). The standard InChI is InChI=1S/C12H15BrN2O/c1-9(16)10-4-5-12(11(13)8-10)15(2)7-3-6-14/h4-5,8-9,16H,3,7H2,1-2H3. The fraction of sp³-hybridized carbons (Fsp3) is 0.417. The summed E-state index contributed by atoms with van der Waals surface area (Å²) in [5.74, 6) is 0. The summed E-state index contributed by atoms with van der Waals surface area (Å²) in [4.78, 5) is 2.01. The molecular weight excluding hydrogens is 268 g/mol. The summed E-state index contributed by atoms with van der Waals surface area (Å²) in [6.07, 6.45) is 0.0379. The zero-order valence-corrected chi connectivity index (χ0v) is 11.0. The summed E-state index contributed by atoms with van der Waals surface area (Å²) in [6, 6.07) is 7.87. The fourth-order valence-corrected chi connectivity index (χ4v) is 2.13. The quantitative estimate of drug-likeness (QED) is 0.924. The van der Waals surface area contributed by atoms with Gasteiger partial charge in [0, 0.05) is 18.1 Å². The van der Waals surface area contributed by atoms with E-state index in [0.717, 1.165) is 15.7 Å². The van der Waals surface area contributed by atoms with Crippen molar-refractivity contribution in [1.82, 2.24) is 0 Å². The van der Waals surface area contributed by atoms with Crippen molar-refractivity contribution in [3.8, 4) is 6.07 Å². The lowest BCUT2D eigenvalue weighted by atomic mass is 10.1. The number of nitriles is 1. The second-order valence-electron chi connectivity index (χ2n) is 3.72. The van der Waals surface area contributed by atoms with Gasteiger partial charge >= 0.3 is 0 Å². The maximum absolute atomic E-state index is 9.44. The lowest BCUT2D eigenvalue weighted by Gasteiger charge is -2.20. The number of nitrogens with zero attached hydrogens (tertiary/aromatic N) is 2. The van der Waals surface area contributed by atoms with E-state index < -0.39 is 6.10 Å². The maximum atomic E-state index is 9.44. The molecule has 0 aliphatic carbocycles. The number of anilines is 1. The van der Waals surface area contributed by atoms with Crippen molar-refractivity contribution in [2.75, 3.05) is 18.5 Å². The molecule has 1 atom stereocenters. The van der Waals surface area contributed by atoms with Gasteiger partial charge in [0.25, 0.3) is 0 Å². The van der Waals surface area contributed by atoms with E-state index in [9.17, 15) is 5.11 Å². The first-order chi connectivity index (χ1) is 7.56. The number of aliphatic hydroxyl groups is 1. The number of aliphatic hydroxyl groups excluding tert-OH is 1. The molecule has 16 heavy (non-hydrogen) atoms. The van der Waals surface area contributed by atoms with Crippen molar-refractivity contribution < 1.29 is 5.11 Å². The molecule has 1 aromatic carbocycles. The Morgan fingerprint density at radius 1 is 1.56 bits per heavy atom. The van der Waals surface area contributed by atoms with Crippen molar-refractivity contribution in [3.05, 3.63) is 28.2 Å². The molecule has 0 heterocycles. The van der Waals surface area contributed by atoms with Crippen LogP contribution in [0.4, 0.5) is 5.69 Å². The van der Waals surface area contributed by atoms with Gasteiger partial charge in [-0.1, -0.05) is 6.07 Å². The average molecular weight is 283 g/mol. The van der Waals surface area contributed by atoms with E-state index in [1.165, 1.54) is 0 Å². The Kier molecular flexibility index (Phi) is 4.78. The number of hydrogen-bond acceptors (Lipinski definition) is 3. The van der Waals surface area contributed by atoms with Gasteiger partial charge in [0.1, 0.15) is 0 Å². The van der Waals surface area contributed by atoms with Crippen LogP contribution in [0.5, 0.6) is 0 Å². The topological polar surface area (TPSA) is 47.3 Å². The van der Waals surface area contributed by atoms with Gasteiger partial charge in [-0.3, -0.25) is 0 Å². The first-order valence-electron chi connectivity index (χ1n) is 5.12. The second kappa shape index (κ2) is 5.88. The Morgan fingerprint density at radius 3 is 2.75 bits per heavy atom. The summed E-state index contributed by atoms with van der Waals surface area (Å²) in [5.41, 5.74) is 1.91. The molecule has 0 saturated carbocycles.